The highest BCUT2D eigenvalue weighted by molar-refractivity contribution is 5.74. The molecule has 0 saturated heterocycles. The van der Waals surface area contributed by atoms with Crippen LogP contribution < -0.4 is 10.1 Å². The molecule has 0 saturated carbocycles. The molecule has 0 radical (unpaired) electrons. The zero-order chi connectivity index (χ0) is 13.7. The third-order valence-corrected chi connectivity index (χ3v) is 2.52. The van der Waals surface area contributed by atoms with Gasteiger partial charge in [-0.25, -0.2) is 0 Å². The number of phenols is 1. The Morgan fingerprint density at radius 1 is 1.44 bits per heavy atom. The van der Waals surface area contributed by atoms with E-state index in [0.29, 0.717) is 12.2 Å². The Kier molecular flexibility index (Phi) is 4.97. The van der Waals surface area contributed by atoms with E-state index < -0.39 is 12.0 Å². The molecule has 0 aliphatic heterocycles. The van der Waals surface area contributed by atoms with Gasteiger partial charge in [-0.3, -0.25) is 4.79 Å². The minimum absolute atomic E-state index is 0.0462. The number of aliphatic carboxylic acids is 1. The first-order chi connectivity index (χ1) is 8.43. The molecule has 0 aliphatic rings. The maximum absolute atomic E-state index is 11.1. The van der Waals surface area contributed by atoms with Crippen LogP contribution in [-0.2, 0) is 11.2 Å². The van der Waals surface area contributed by atoms with Gasteiger partial charge >= 0.3 is 5.97 Å². The first kappa shape index (κ1) is 14.3. The topological polar surface area (TPSA) is 78.8 Å². The van der Waals surface area contributed by atoms with Crippen LogP contribution in [0, 0.1) is 0 Å². The van der Waals surface area contributed by atoms with E-state index in [0.717, 1.165) is 5.56 Å². The Labute approximate surface area is 106 Å². The molecule has 0 amide bonds. The molecule has 100 valence electrons. The number of methoxy groups -OCH3 is 1. The van der Waals surface area contributed by atoms with Crippen LogP contribution in [0.15, 0.2) is 18.2 Å². The van der Waals surface area contributed by atoms with Crippen LogP contribution >= 0.6 is 0 Å². The van der Waals surface area contributed by atoms with E-state index in [-0.39, 0.29) is 11.8 Å². The van der Waals surface area contributed by atoms with Crippen LogP contribution in [0.3, 0.4) is 0 Å². The summed E-state index contributed by atoms with van der Waals surface area (Å²) in [5.41, 5.74) is 0.796. The summed E-state index contributed by atoms with van der Waals surface area (Å²) in [7, 11) is 1.46. The number of carboxylic acid groups (broad SMARTS) is 1. The largest absolute Gasteiger partial charge is 0.504 e. The highest BCUT2D eigenvalue weighted by Crippen LogP contribution is 2.26. The molecule has 0 aliphatic carbocycles. The van der Waals surface area contributed by atoms with Gasteiger partial charge in [-0.1, -0.05) is 19.9 Å². The molecule has 5 heteroatoms. The number of hydrogen-bond acceptors (Lipinski definition) is 4. The van der Waals surface area contributed by atoms with Crippen molar-refractivity contribution in [2.24, 2.45) is 0 Å². The standard InChI is InChI=1S/C13H19NO4/c1-8(2)14-10(13(16)17)6-9-4-5-11(15)12(7-9)18-3/h4-5,7-8,10,14-15H,6H2,1-3H3,(H,16,17). The number of ether oxygens (including phenoxy) is 1. The lowest BCUT2D eigenvalue weighted by Crippen LogP contribution is -2.42. The number of rotatable bonds is 6. The Bertz CT molecular complexity index is 417. The van der Waals surface area contributed by atoms with Gasteiger partial charge in [0.1, 0.15) is 6.04 Å². The van der Waals surface area contributed by atoms with E-state index in [4.69, 9.17) is 9.84 Å². The molecule has 18 heavy (non-hydrogen) atoms. The third kappa shape index (κ3) is 3.92. The predicted molar refractivity (Wildman–Crippen MR) is 68.1 cm³/mol. The minimum Gasteiger partial charge on any atom is -0.504 e. The van der Waals surface area contributed by atoms with E-state index in [9.17, 15) is 9.90 Å². The number of benzene rings is 1. The maximum atomic E-state index is 11.1. The highest BCUT2D eigenvalue weighted by atomic mass is 16.5. The van der Waals surface area contributed by atoms with Gasteiger partial charge in [0.2, 0.25) is 0 Å². The van der Waals surface area contributed by atoms with Crippen LogP contribution in [0.5, 0.6) is 11.5 Å². The van der Waals surface area contributed by atoms with Gasteiger partial charge in [-0.05, 0) is 24.1 Å². The van der Waals surface area contributed by atoms with Crippen molar-refractivity contribution in [3.63, 3.8) is 0 Å². The Hall–Kier alpha value is -1.75. The quantitative estimate of drug-likeness (QED) is 0.714. The summed E-state index contributed by atoms with van der Waals surface area (Å²) in [6.07, 6.45) is 0.337. The van der Waals surface area contributed by atoms with Crippen molar-refractivity contribution in [2.45, 2.75) is 32.4 Å². The zero-order valence-corrected chi connectivity index (χ0v) is 10.8. The Balaban J connectivity index is 2.83. The molecule has 5 nitrogen and oxygen atoms in total. The second-order valence-corrected chi connectivity index (χ2v) is 4.42. The summed E-state index contributed by atoms with van der Waals surface area (Å²) >= 11 is 0. The molecule has 1 unspecified atom stereocenters. The molecule has 0 heterocycles. The Morgan fingerprint density at radius 2 is 2.11 bits per heavy atom. The minimum atomic E-state index is -0.893. The van der Waals surface area contributed by atoms with Gasteiger partial charge in [0, 0.05) is 6.04 Å². The normalized spacial score (nSPS) is 12.4. The van der Waals surface area contributed by atoms with Crippen molar-refractivity contribution in [3.8, 4) is 11.5 Å². The summed E-state index contributed by atoms with van der Waals surface area (Å²) in [5, 5.41) is 21.6. The Morgan fingerprint density at radius 3 is 2.61 bits per heavy atom. The molecule has 0 fully saturated rings. The van der Waals surface area contributed by atoms with Crippen molar-refractivity contribution in [1.29, 1.82) is 0 Å². The van der Waals surface area contributed by atoms with Gasteiger partial charge in [0.25, 0.3) is 0 Å². The number of aromatic hydroxyl groups is 1. The number of phenolic OH excluding ortho intramolecular Hbond substituents is 1. The fourth-order valence-corrected chi connectivity index (χ4v) is 1.70. The van der Waals surface area contributed by atoms with E-state index in [1.54, 1.807) is 12.1 Å². The van der Waals surface area contributed by atoms with Crippen LogP contribution in [-0.4, -0.2) is 35.4 Å². The van der Waals surface area contributed by atoms with Crippen LogP contribution in [0.4, 0.5) is 0 Å². The molecule has 0 spiro atoms. The number of hydrogen-bond donors (Lipinski definition) is 3. The fourth-order valence-electron chi connectivity index (χ4n) is 1.70. The third-order valence-electron chi connectivity index (χ3n) is 2.52. The number of carboxylic acids is 1. The van der Waals surface area contributed by atoms with Gasteiger partial charge in [-0.2, -0.15) is 0 Å². The summed E-state index contributed by atoms with van der Waals surface area (Å²) in [5.74, 6) is -0.498. The first-order valence-corrected chi connectivity index (χ1v) is 5.78. The van der Waals surface area contributed by atoms with Crippen molar-refractivity contribution in [2.75, 3.05) is 7.11 Å². The molecular weight excluding hydrogens is 234 g/mol. The van der Waals surface area contributed by atoms with Gasteiger partial charge < -0.3 is 20.3 Å². The lowest BCUT2D eigenvalue weighted by Gasteiger charge is -2.17. The van der Waals surface area contributed by atoms with Gasteiger partial charge in [-0.15, -0.1) is 0 Å². The zero-order valence-electron chi connectivity index (χ0n) is 10.8. The van der Waals surface area contributed by atoms with Crippen molar-refractivity contribution >= 4 is 5.97 Å². The van der Waals surface area contributed by atoms with Gasteiger partial charge in [0.15, 0.2) is 11.5 Å². The SMILES string of the molecule is COc1cc(CC(NC(C)C)C(=O)O)ccc1O. The predicted octanol–water partition coefficient (Wildman–Crippen LogP) is 1.39. The van der Waals surface area contributed by atoms with Crippen molar-refractivity contribution in [3.05, 3.63) is 23.8 Å². The molecule has 1 atom stereocenters. The van der Waals surface area contributed by atoms with E-state index in [1.807, 2.05) is 13.8 Å². The van der Waals surface area contributed by atoms with Crippen molar-refractivity contribution in [1.82, 2.24) is 5.32 Å². The summed E-state index contributed by atoms with van der Waals surface area (Å²) < 4.78 is 4.99. The molecule has 1 rings (SSSR count). The first-order valence-electron chi connectivity index (χ1n) is 5.78. The lowest BCUT2D eigenvalue weighted by atomic mass is 10.0. The molecular formula is C13H19NO4. The average Bonchev–Trinajstić information content (AvgIpc) is 2.29. The monoisotopic (exact) mass is 253 g/mol. The van der Waals surface area contributed by atoms with Crippen molar-refractivity contribution < 1.29 is 19.7 Å². The van der Waals surface area contributed by atoms with Crippen LogP contribution in [0.1, 0.15) is 19.4 Å². The summed E-state index contributed by atoms with van der Waals surface area (Å²) in [6, 6.07) is 4.27. The number of carbonyl (C=O) groups is 1. The van der Waals surface area contributed by atoms with E-state index in [1.165, 1.54) is 13.2 Å². The van der Waals surface area contributed by atoms with Gasteiger partial charge in [0.05, 0.1) is 7.11 Å². The highest BCUT2D eigenvalue weighted by Gasteiger charge is 2.19. The molecule has 3 N–H and O–H groups in total. The molecule has 1 aromatic rings. The second-order valence-electron chi connectivity index (χ2n) is 4.42. The lowest BCUT2D eigenvalue weighted by molar-refractivity contribution is -0.139. The van der Waals surface area contributed by atoms with Crippen LogP contribution in [0.25, 0.3) is 0 Å². The molecule has 0 aromatic heterocycles. The van der Waals surface area contributed by atoms with E-state index >= 15 is 0 Å². The summed E-state index contributed by atoms with van der Waals surface area (Å²) in [4.78, 5) is 11.1. The molecule has 1 aromatic carbocycles. The van der Waals surface area contributed by atoms with Crippen LogP contribution in [0.2, 0.25) is 0 Å². The number of nitrogens with one attached hydrogen (secondary N) is 1. The second kappa shape index (κ2) is 6.26. The fraction of sp³-hybridized carbons (Fsp3) is 0.462. The average molecular weight is 253 g/mol. The summed E-state index contributed by atoms with van der Waals surface area (Å²) in [6.45, 7) is 3.79. The maximum Gasteiger partial charge on any atom is 0.321 e. The molecule has 0 bridgehead atoms. The smallest absolute Gasteiger partial charge is 0.321 e. The van der Waals surface area contributed by atoms with E-state index in [2.05, 4.69) is 5.32 Å².